The van der Waals surface area contributed by atoms with Crippen molar-refractivity contribution in [2.24, 2.45) is 0 Å². The zero-order valence-corrected chi connectivity index (χ0v) is 12.9. The Labute approximate surface area is 128 Å². The molecule has 0 spiro atoms. The first-order chi connectivity index (χ1) is 8.38. The van der Waals surface area contributed by atoms with Gasteiger partial charge >= 0.3 is 18.9 Å². The van der Waals surface area contributed by atoms with Crippen LogP contribution >= 0.6 is 0 Å². The Balaban J connectivity index is 0.00000324. The molecule has 0 atom stereocenters. The maximum Gasteiger partial charge on any atom is 1.00 e. The van der Waals surface area contributed by atoms with Gasteiger partial charge in [0, 0.05) is 5.75 Å². The average molecular weight is 276 g/mol. The molecule has 0 aliphatic heterocycles. The quantitative estimate of drug-likeness (QED) is 0.399. The molecule has 102 valence electrons. The molecule has 1 aromatic carbocycles. The molecule has 0 aliphatic rings. The van der Waals surface area contributed by atoms with E-state index in [1.54, 1.807) is 0 Å². The molecule has 0 amide bonds. The van der Waals surface area contributed by atoms with Gasteiger partial charge in [-0.1, -0.05) is 36.6 Å². The van der Waals surface area contributed by atoms with E-state index in [0.29, 0.717) is 6.42 Å². The molecule has 0 bridgehead atoms. The van der Waals surface area contributed by atoms with Gasteiger partial charge in [-0.2, -0.15) is 0 Å². The SMILES string of the molecule is Cc1ccc(C)c(CCCCCCS(=O)(=O)[O-])c1.[Li+]. The van der Waals surface area contributed by atoms with Crippen molar-refractivity contribution in [2.45, 2.75) is 46.0 Å². The molecule has 1 rings (SSSR count). The average Bonchev–Trinajstić information content (AvgIpc) is 2.26. The van der Waals surface area contributed by atoms with Crippen LogP contribution in [0.4, 0.5) is 0 Å². The van der Waals surface area contributed by atoms with Gasteiger partial charge in [-0.3, -0.25) is 0 Å². The van der Waals surface area contributed by atoms with Crippen LogP contribution in [0.1, 0.15) is 42.4 Å². The molecule has 0 saturated heterocycles. The summed E-state index contributed by atoms with van der Waals surface area (Å²) < 4.78 is 31.2. The number of rotatable bonds is 7. The second kappa shape index (κ2) is 8.81. The summed E-state index contributed by atoms with van der Waals surface area (Å²) in [6, 6.07) is 6.45. The largest absolute Gasteiger partial charge is 1.00 e. The molecule has 1 aromatic rings. The van der Waals surface area contributed by atoms with Crippen molar-refractivity contribution in [1.82, 2.24) is 0 Å². The topological polar surface area (TPSA) is 57.2 Å². The number of benzene rings is 1. The van der Waals surface area contributed by atoms with E-state index in [2.05, 4.69) is 32.0 Å². The van der Waals surface area contributed by atoms with E-state index in [9.17, 15) is 13.0 Å². The van der Waals surface area contributed by atoms with Crippen molar-refractivity contribution in [2.75, 3.05) is 5.75 Å². The summed E-state index contributed by atoms with van der Waals surface area (Å²) in [4.78, 5) is 0. The maximum absolute atomic E-state index is 10.4. The van der Waals surface area contributed by atoms with Crippen LogP contribution in [-0.4, -0.2) is 18.7 Å². The minimum Gasteiger partial charge on any atom is -0.748 e. The van der Waals surface area contributed by atoms with Gasteiger partial charge in [0.05, 0.1) is 10.1 Å². The molecule has 0 saturated carbocycles. The Morgan fingerprint density at radius 3 is 2.32 bits per heavy atom. The third-order valence-electron chi connectivity index (χ3n) is 3.10. The molecule has 19 heavy (non-hydrogen) atoms. The normalized spacial score (nSPS) is 11.1. The fourth-order valence-corrected chi connectivity index (χ4v) is 2.58. The summed E-state index contributed by atoms with van der Waals surface area (Å²) in [5, 5.41) is 0. The minimum atomic E-state index is -4.03. The van der Waals surface area contributed by atoms with Crippen LogP contribution in [0.15, 0.2) is 18.2 Å². The van der Waals surface area contributed by atoms with Gasteiger partial charge in [0.15, 0.2) is 0 Å². The van der Waals surface area contributed by atoms with Crippen LogP contribution in [0.25, 0.3) is 0 Å². The third-order valence-corrected chi connectivity index (χ3v) is 3.88. The second-order valence-corrected chi connectivity index (χ2v) is 6.38. The zero-order valence-electron chi connectivity index (χ0n) is 12.1. The van der Waals surface area contributed by atoms with Crippen LogP contribution in [-0.2, 0) is 16.5 Å². The van der Waals surface area contributed by atoms with Crippen LogP contribution < -0.4 is 18.9 Å². The van der Waals surface area contributed by atoms with E-state index in [4.69, 9.17) is 0 Å². The summed E-state index contributed by atoms with van der Waals surface area (Å²) in [6.07, 6.45) is 4.34. The van der Waals surface area contributed by atoms with Crippen molar-refractivity contribution >= 4 is 10.1 Å². The van der Waals surface area contributed by atoms with Gasteiger partial charge in [-0.25, -0.2) is 8.42 Å². The Bertz CT molecular complexity index is 483. The molecule has 0 aliphatic carbocycles. The molecule has 5 heteroatoms. The summed E-state index contributed by atoms with van der Waals surface area (Å²) >= 11 is 0. The summed E-state index contributed by atoms with van der Waals surface area (Å²) in [5.74, 6) is -0.226. The maximum atomic E-state index is 10.4. The third kappa shape index (κ3) is 8.49. The molecule has 0 heterocycles. The van der Waals surface area contributed by atoms with Gasteiger partial charge in [-0.05, 0) is 44.2 Å². The van der Waals surface area contributed by atoms with Crippen molar-refractivity contribution in [3.8, 4) is 0 Å². The van der Waals surface area contributed by atoms with Gasteiger partial charge in [0.25, 0.3) is 0 Å². The fourth-order valence-electron chi connectivity index (χ4n) is 2.02. The number of hydrogen-bond acceptors (Lipinski definition) is 3. The van der Waals surface area contributed by atoms with Gasteiger partial charge < -0.3 is 4.55 Å². The first-order valence-corrected chi connectivity index (χ1v) is 7.96. The monoisotopic (exact) mass is 276 g/mol. The molecule has 0 N–H and O–H groups in total. The van der Waals surface area contributed by atoms with Gasteiger partial charge in [0.2, 0.25) is 0 Å². The smallest absolute Gasteiger partial charge is 0.748 e. The van der Waals surface area contributed by atoms with Gasteiger partial charge in [-0.15, -0.1) is 0 Å². The molecule has 0 fully saturated rings. The summed E-state index contributed by atoms with van der Waals surface area (Å²) in [5.41, 5.74) is 3.95. The Morgan fingerprint density at radius 1 is 1.05 bits per heavy atom. The first kappa shape index (κ1) is 18.7. The number of hydrogen-bond donors (Lipinski definition) is 0. The molecule has 0 aromatic heterocycles. The van der Waals surface area contributed by atoms with Crippen molar-refractivity contribution in [1.29, 1.82) is 0 Å². The Kier molecular flexibility index (Phi) is 8.68. The van der Waals surface area contributed by atoms with Crippen molar-refractivity contribution in [3.05, 3.63) is 34.9 Å². The second-order valence-electron chi connectivity index (χ2n) is 4.86. The number of unbranched alkanes of at least 4 members (excludes halogenated alkanes) is 3. The first-order valence-electron chi connectivity index (χ1n) is 6.38. The fraction of sp³-hybridized carbons (Fsp3) is 0.571. The predicted octanol–water partition coefficient (Wildman–Crippen LogP) is -0.0445. The van der Waals surface area contributed by atoms with Crippen molar-refractivity contribution < 1.29 is 31.8 Å². The summed E-state index contributed by atoms with van der Waals surface area (Å²) in [7, 11) is -4.03. The van der Waals surface area contributed by atoms with Crippen LogP contribution in [0.5, 0.6) is 0 Å². The Hall–Kier alpha value is -0.273. The standard InChI is InChI=1S/C14H22O3S.Li/c1-12-8-9-13(2)14(11-12)7-5-3-4-6-10-18(15,16)17;/h8-9,11H,3-7,10H2,1-2H3,(H,15,16,17);/q;+1/p-1. The van der Waals surface area contributed by atoms with E-state index in [0.717, 1.165) is 25.7 Å². The van der Waals surface area contributed by atoms with E-state index in [1.165, 1.54) is 16.7 Å². The predicted molar refractivity (Wildman–Crippen MR) is 72.7 cm³/mol. The van der Waals surface area contributed by atoms with E-state index < -0.39 is 10.1 Å². The van der Waals surface area contributed by atoms with Crippen molar-refractivity contribution in [3.63, 3.8) is 0 Å². The molecule has 0 radical (unpaired) electrons. The molecule has 3 nitrogen and oxygen atoms in total. The molecule has 0 unspecified atom stereocenters. The summed E-state index contributed by atoms with van der Waals surface area (Å²) in [6.45, 7) is 4.20. The zero-order chi connectivity index (χ0) is 13.6. The molecular formula is C14H21LiO3S. The van der Waals surface area contributed by atoms with Crippen LogP contribution in [0.3, 0.4) is 0 Å². The minimum absolute atomic E-state index is 0. The van der Waals surface area contributed by atoms with Crippen LogP contribution in [0, 0.1) is 13.8 Å². The van der Waals surface area contributed by atoms with Crippen LogP contribution in [0.2, 0.25) is 0 Å². The number of aryl methyl sites for hydroxylation is 3. The van der Waals surface area contributed by atoms with E-state index in [1.807, 2.05) is 0 Å². The molecular weight excluding hydrogens is 255 g/mol. The van der Waals surface area contributed by atoms with E-state index >= 15 is 0 Å². The van der Waals surface area contributed by atoms with E-state index in [-0.39, 0.29) is 24.6 Å². The Morgan fingerprint density at radius 2 is 1.68 bits per heavy atom. The van der Waals surface area contributed by atoms with Gasteiger partial charge in [0.1, 0.15) is 0 Å².